The molecule has 0 unspecified atom stereocenters. The number of imide groups is 1. The Bertz CT molecular complexity index is 852. The maximum atomic E-state index is 12.9. The van der Waals surface area contributed by atoms with Crippen LogP contribution < -0.4 is 10.9 Å². The lowest BCUT2D eigenvalue weighted by atomic mass is 10.2. The molecular weight excluding hydrogens is 358 g/mol. The number of para-hydroxylation sites is 1. The summed E-state index contributed by atoms with van der Waals surface area (Å²) in [5.74, 6) is -0.606. The molecule has 2 aromatic rings. The quantitative estimate of drug-likeness (QED) is 0.580. The largest absolute Gasteiger partial charge is 0.450 e. The van der Waals surface area contributed by atoms with Crippen LogP contribution in [-0.2, 0) is 14.3 Å². The van der Waals surface area contributed by atoms with Crippen molar-refractivity contribution in [2.45, 2.75) is 25.0 Å². The average Bonchev–Trinajstić information content (AvgIpc) is 2.60. The maximum absolute atomic E-state index is 12.9. The van der Waals surface area contributed by atoms with Gasteiger partial charge in [0.15, 0.2) is 5.16 Å². The maximum Gasteiger partial charge on any atom is 0.413 e. The van der Waals surface area contributed by atoms with Gasteiger partial charge in [-0.05, 0) is 26.0 Å². The molecule has 26 heavy (non-hydrogen) atoms. The number of nitrogens with zero attached hydrogens (tertiary/aromatic N) is 2. The van der Waals surface area contributed by atoms with Gasteiger partial charge in [-0.25, -0.2) is 9.78 Å². The Hall–Kier alpha value is -2.39. The van der Waals surface area contributed by atoms with Crippen molar-refractivity contribution in [1.29, 1.82) is 0 Å². The Labute approximate surface area is 154 Å². The van der Waals surface area contributed by atoms with Crippen molar-refractivity contribution in [2.75, 3.05) is 26.1 Å². The van der Waals surface area contributed by atoms with Crippen LogP contribution in [0, 0.1) is 0 Å². The average molecular weight is 379 g/mol. The monoisotopic (exact) mass is 379 g/mol. The number of aromatic nitrogens is 2. The summed E-state index contributed by atoms with van der Waals surface area (Å²) < 4.78 is 11.3. The lowest BCUT2D eigenvalue weighted by Crippen LogP contribution is -2.33. The highest BCUT2D eigenvalue weighted by molar-refractivity contribution is 7.99. The van der Waals surface area contributed by atoms with Gasteiger partial charge < -0.3 is 9.47 Å². The van der Waals surface area contributed by atoms with Crippen molar-refractivity contribution in [3.8, 4) is 0 Å². The van der Waals surface area contributed by atoms with E-state index in [1.165, 1.54) is 4.57 Å². The number of nitrogens with one attached hydrogen (secondary N) is 1. The summed E-state index contributed by atoms with van der Waals surface area (Å²) >= 11 is 1.07. The molecule has 2 amide bonds. The first-order valence-corrected chi connectivity index (χ1v) is 9.06. The van der Waals surface area contributed by atoms with E-state index in [-0.39, 0.29) is 24.0 Å². The van der Waals surface area contributed by atoms with E-state index in [4.69, 9.17) is 4.74 Å². The zero-order chi connectivity index (χ0) is 19.1. The highest BCUT2D eigenvalue weighted by atomic mass is 32.2. The Morgan fingerprint density at radius 2 is 2.08 bits per heavy atom. The SMILES string of the molecule is CCOC(=O)NC(=O)CSc1nc2ccccc2c(=O)n1[C@@H](C)COC. The van der Waals surface area contributed by atoms with Gasteiger partial charge in [0.25, 0.3) is 5.56 Å². The van der Waals surface area contributed by atoms with Gasteiger partial charge >= 0.3 is 6.09 Å². The van der Waals surface area contributed by atoms with Gasteiger partial charge in [0.05, 0.1) is 35.9 Å². The van der Waals surface area contributed by atoms with Crippen molar-refractivity contribution in [3.63, 3.8) is 0 Å². The van der Waals surface area contributed by atoms with Gasteiger partial charge in [0, 0.05) is 7.11 Å². The Balaban J connectivity index is 2.29. The van der Waals surface area contributed by atoms with Gasteiger partial charge in [-0.3, -0.25) is 19.5 Å². The molecule has 0 aliphatic rings. The van der Waals surface area contributed by atoms with Crippen LogP contribution in [0.4, 0.5) is 4.79 Å². The first-order valence-electron chi connectivity index (χ1n) is 8.07. The normalized spacial score (nSPS) is 12.0. The van der Waals surface area contributed by atoms with E-state index in [1.54, 1.807) is 38.3 Å². The molecule has 0 aliphatic carbocycles. The minimum atomic E-state index is -0.797. The van der Waals surface area contributed by atoms with Crippen LogP contribution in [0.5, 0.6) is 0 Å². The molecule has 9 heteroatoms. The summed E-state index contributed by atoms with van der Waals surface area (Å²) in [7, 11) is 1.55. The highest BCUT2D eigenvalue weighted by Crippen LogP contribution is 2.21. The van der Waals surface area contributed by atoms with E-state index in [2.05, 4.69) is 15.0 Å². The fourth-order valence-corrected chi connectivity index (χ4v) is 3.28. The molecule has 1 atom stereocenters. The molecule has 1 N–H and O–H groups in total. The van der Waals surface area contributed by atoms with Crippen LogP contribution in [0.3, 0.4) is 0 Å². The van der Waals surface area contributed by atoms with Gasteiger partial charge in [0.2, 0.25) is 5.91 Å². The molecule has 0 saturated carbocycles. The number of alkyl carbamates (subject to hydrolysis) is 1. The van der Waals surface area contributed by atoms with Gasteiger partial charge in [0.1, 0.15) is 0 Å². The van der Waals surface area contributed by atoms with Crippen LogP contribution >= 0.6 is 11.8 Å². The van der Waals surface area contributed by atoms with E-state index in [9.17, 15) is 14.4 Å². The number of methoxy groups -OCH3 is 1. The molecule has 0 radical (unpaired) electrons. The van der Waals surface area contributed by atoms with E-state index in [0.717, 1.165) is 11.8 Å². The Morgan fingerprint density at radius 3 is 2.77 bits per heavy atom. The first-order chi connectivity index (χ1) is 12.5. The molecule has 0 fully saturated rings. The lowest BCUT2D eigenvalue weighted by Gasteiger charge is -2.18. The highest BCUT2D eigenvalue weighted by Gasteiger charge is 2.18. The third-order valence-corrected chi connectivity index (χ3v) is 4.43. The van der Waals surface area contributed by atoms with Crippen LogP contribution in [0.2, 0.25) is 0 Å². The molecule has 1 aromatic heterocycles. The number of benzene rings is 1. The van der Waals surface area contributed by atoms with Crippen LogP contribution in [0.15, 0.2) is 34.2 Å². The molecule has 0 bridgehead atoms. The van der Waals surface area contributed by atoms with E-state index >= 15 is 0 Å². The van der Waals surface area contributed by atoms with Gasteiger partial charge in [-0.15, -0.1) is 0 Å². The summed E-state index contributed by atoms with van der Waals surface area (Å²) in [5.41, 5.74) is 0.347. The predicted octanol–water partition coefficient (Wildman–Crippen LogP) is 1.97. The summed E-state index contributed by atoms with van der Waals surface area (Å²) in [6, 6.07) is 6.75. The van der Waals surface area contributed by atoms with Gasteiger partial charge in [-0.1, -0.05) is 23.9 Å². The second kappa shape index (κ2) is 9.35. The standard InChI is InChI=1S/C17H21N3O5S/c1-4-25-17(23)19-14(21)10-26-16-18-13-8-6-5-7-12(13)15(22)20(16)11(2)9-24-3/h5-8,11H,4,9-10H2,1-3H3,(H,19,21,23)/t11-/m0/s1. The smallest absolute Gasteiger partial charge is 0.413 e. The molecule has 2 rings (SSSR count). The van der Waals surface area contributed by atoms with Crippen molar-refractivity contribution in [1.82, 2.24) is 14.9 Å². The molecule has 8 nitrogen and oxygen atoms in total. The van der Waals surface area contributed by atoms with Crippen LogP contribution in [-0.4, -0.2) is 47.6 Å². The van der Waals surface area contributed by atoms with Crippen LogP contribution in [0.1, 0.15) is 19.9 Å². The summed E-state index contributed by atoms with van der Waals surface area (Å²) in [6.45, 7) is 3.98. The second-order valence-corrected chi connectivity index (χ2v) is 6.39. The molecule has 0 aliphatic heterocycles. The third-order valence-electron chi connectivity index (χ3n) is 3.47. The van der Waals surface area contributed by atoms with E-state index < -0.39 is 12.0 Å². The van der Waals surface area contributed by atoms with E-state index in [1.807, 2.05) is 6.92 Å². The zero-order valence-corrected chi connectivity index (χ0v) is 15.7. The minimum Gasteiger partial charge on any atom is -0.450 e. The van der Waals surface area contributed by atoms with Crippen molar-refractivity contribution < 1.29 is 19.1 Å². The fraction of sp³-hybridized carbons (Fsp3) is 0.412. The fourth-order valence-electron chi connectivity index (χ4n) is 2.38. The summed E-state index contributed by atoms with van der Waals surface area (Å²) in [4.78, 5) is 40.5. The number of hydrogen-bond acceptors (Lipinski definition) is 7. The molecule has 1 heterocycles. The van der Waals surface area contributed by atoms with E-state index in [0.29, 0.717) is 22.7 Å². The molecule has 0 spiro atoms. The van der Waals surface area contributed by atoms with Crippen molar-refractivity contribution >= 4 is 34.7 Å². The second-order valence-electron chi connectivity index (χ2n) is 5.45. The predicted molar refractivity (Wildman–Crippen MR) is 98.5 cm³/mol. The topological polar surface area (TPSA) is 99.5 Å². The van der Waals surface area contributed by atoms with Gasteiger partial charge in [-0.2, -0.15) is 0 Å². The number of amides is 2. The molecule has 0 saturated heterocycles. The van der Waals surface area contributed by atoms with Crippen molar-refractivity contribution in [3.05, 3.63) is 34.6 Å². The summed E-state index contributed by atoms with van der Waals surface area (Å²) in [5, 5.41) is 3.00. The Morgan fingerprint density at radius 1 is 1.35 bits per heavy atom. The Kier molecular flexibility index (Phi) is 7.16. The number of fused-ring (bicyclic) bond motifs is 1. The molecule has 140 valence electrons. The number of carbonyl (C=O) groups excluding carboxylic acids is 2. The zero-order valence-electron chi connectivity index (χ0n) is 14.9. The molecule has 1 aromatic carbocycles. The van der Waals surface area contributed by atoms with Crippen molar-refractivity contribution in [2.24, 2.45) is 0 Å². The number of rotatable bonds is 7. The number of carbonyl (C=O) groups is 2. The lowest BCUT2D eigenvalue weighted by molar-refractivity contribution is -0.117. The number of ether oxygens (including phenoxy) is 2. The number of hydrogen-bond donors (Lipinski definition) is 1. The summed E-state index contributed by atoms with van der Waals surface area (Å²) in [6.07, 6.45) is -0.797. The number of thioether (sulfide) groups is 1. The third kappa shape index (κ3) is 4.83. The minimum absolute atomic E-state index is 0.0801. The van der Waals surface area contributed by atoms with Crippen LogP contribution in [0.25, 0.3) is 10.9 Å². The first kappa shape index (κ1) is 19.9. The molecular formula is C17H21N3O5S.